The van der Waals surface area contributed by atoms with Crippen LogP contribution in [-0.2, 0) is 9.59 Å². The minimum atomic E-state index is -1.07. The molecular formula is C12H23N3O4. The zero-order chi connectivity index (χ0) is 15.2. The highest BCUT2D eigenvalue weighted by molar-refractivity contribution is 5.86. The van der Waals surface area contributed by atoms with Gasteiger partial charge < -0.3 is 20.6 Å². The Balaban J connectivity index is 4.31. The zero-order valence-corrected chi connectivity index (χ0v) is 12.1. The van der Waals surface area contributed by atoms with Crippen molar-refractivity contribution in [2.45, 2.75) is 45.7 Å². The molecule has 0 bridgehead atoms. The molecule has 7 nitrogen and oxygen atoms in total. The molecule has 7 heteroatoms. The van der Waals surface area contributed by atoms with Gasteiger partial charge in [0.25, 0.3) is 0 Å². The number of carbonyl (C=O) groups is 3. The maximum atomic E-state index is 11.7. The van der Waals surface area contributed by atoms with E-state index in [-0.39, 0.29) is 18.0 Å². The average Bonchev–Trinajstić information content (AvgIpc) is 2.23. The first-order valence-corrected chi connectivity index (χ1v) is 6.13. The van der Waals surface area contributed by atoms with Gasteiger partial charge in [-0.05, 0) is 27.2 Å². The second kappa shape index (κ2) is 6.96. The van der Waals surface area contributed by atoms with Crippen LogP contribution in [0.5, 0.6) is 0 Å². The van der Waals surface area contributed by atoms with Crippen molar-refractivity contribution in [2.75, 3.05) is 13.6 Å². The Morgan fingerprint density at radius 3 is 2.16 bits per heavy atom. The number of carboxylic acid groups (broad SMARTS) is 1. The summed E-state index contributed by atoms with van der Waals surface area (Å²) in [5.74, 6) is -1.39. The minimum Gasteiger partial charge on any atom is -0.480 e. The molecule has 0 aromatic rings. The fourth-order valence-corrected chi connectivity index (χ4v) is 1.50. The van der Waals surface area contributed by atoms with Gasteiger partial charge >= 0.3 is 12.0 Å². The summed E-state index contributed by atoms with van der Waals surface area (Å²) in [7, 11) is 1.39. The number of nitrogens with one attached hydrogen (secondary N) is 2. The summed E-state index contributed by atoms with van der Waals surface area (Å²) < 4.78 is 0. The van der Waals surface area contributed by atoms with Gasteiger partial charge in [0.2, 0.25) is 5.91 Å². The number of amides is 3. The largest absolute Gasteiger partial charge is 0.480 e. The second-order valence-corrected chi connectivity index (χ2v) is 5.33. The standard InChI is InChI=1S/C12H23N3O4/c1-6-8(10(17)18)15(5)11(19)13-7-9(16)14-12(2,3)4/h8H,6-7H2,1-5H3,(H,13,19)(H,14,16)(H,17,18). The molecule has 0 aromatic heterocycles. The smallest absolute Gasteiger partial charge is 0.326 e. The summed E-state index contributed by atoms with van der Waals surface area (Å²) in [6, 6.07) is -1.48. The van der Waals surface area contributed by atoms with Crippen LogP contribution >= 0.6 is 0 Å². The van der Waals surface area contributed by atoms with Gasteiger partial charge in [0.05, 0.1) is 6.54 Å². The number of carboxylic acids is 1. The zero-order valence-electron chi connectivity index (χ0n) is 12.1. The lowest BCUT2D eigenvalue weighted by molar-refractivity contribution is -0.141. The lowest BCUT2D eigenvalue weighted by Gasteiger charge is -2.25. The van der Waals surface area contributed by atoms with E-state index in [1.54, 1.807) is 6.92 Å². The SMILES string of the molecule is CCC(C(=O)O)N(C)C(=O)NCC(=O)NC(C)(C)C. The molecule has 110 valence electrons. The molecule has 0 aliphatic carbocycles. The Hall–Kier alpha value is -1.79. The van der Waals surface area contributed by atoms with Crippen molar-refractivity contribution in [3.63, 3.8) is 0 Å². The third-order valence-electron chi connectivity index (χ3n) is 2.37. The fraction of sp³-hybridized carbons (Fsp3) is 0.750. The van der Waals surface area contributed by atoms with Gasteiger partial charge in [-0.15, -0.1) is 0 Å². The Labute approximate surface area is 113 Å². The van der Waals surface area contributed by atoms with Crippen LogP contribution in [0.2, 0.25) is 0 Å². The molecule has 0 saturated carbocycles. The van der Waals surface area contributed by atoms with Crippen molar-refractivity contribution >= 4 is 17.9 Å². The summed E-state index contributed by atoms with van der Waals surface area (Å²) in [4.78, 5) is 35.2. The molecule has 0 radical (unpaired) electrons. The normalized spacial score (nSPS) is 12.5. The maximum Gasteiger partial charge on any atom is 0.326 e. The van der Waals surface area contributed by atoms with E-state index >= 15 is 0 Å². The molecule has 1 atom stereocenters. The fourth-order valence-electron chi connectivity index (χ4n) is 1.50. The molecule has 0 aliphatic heterocycles. The molecule has 1 unspecified atom stereocenters. The van der Waals surface area contributed by atoms with Crippen LogP contribution in [0.15, 0.2) is 0 Å². The van der Waals surface area contributed by atoms with Crippen molar-refractivity contribution in [1.82, 2.24) is 15.5 Å². The van der Waals surface area contributed by atoms with Crippen LogP contribution in [0.1, 0.15) is 34.1 Å². The number of hydrogen-bond donors (Lipinski definition) is 3. The molecule has 3 amide bonds. The van der Waals surface area contributed by atoms with Crippen LogP contribution < -0.4 is 10.6 Å². The van der Waals surface area contributed by atoms with E-state index < -0.39 is 18.0 Å². The summed E-state index contributed by atoms with van der Waals surface area (Å²) >= 11 is 0. The molecule has 0 spiro atoms. The predicted octanol–water partition coefficient (Wildman–Crippen LogP) is 0.406. The van der Waals surface area contributed by atoms with Crippen molar-refractivity contribution in [2.24, 2.45) is 0 Å². The van der Waals surface area contributed by atoms with Gasteiger partial charge in [-0.2, -0.15) is 0 Å². The molecule has 0 rings (SSSR count). The number of hydrogen-bond acceptors (Lipinski definition) is 3. The third-order valence-corrected chi connectivity index (χ3v) is 2.37. The molecule has 0 aliphatic rings. The summed E-state index contributed by atoms with van der Waals surface area (Å²) in [5, 5.41) is 14.0. The first-order chi connectivity index (χ1) is 8.58. The number of likely N-dealkylation sites (N-methyl/N-ethyl adjacent to an activating group) is 1. The molecule has 0 heterocycles. The monoisotopic (exact) mass is 273 g/mol. The van der Waals surface area contributed by atoms with E-state index in [2.05, 4.69) is 10.6 Å². The highest BCUT2D eigenvalue weighted by Gasteiger charge is 2.25. The van der Waals surface area contributed by atoms with E-state index in [9.17, 15) is 14.4 Å². The average molecular weight is 273 g/mol. The molecule has 0 aromatic carbocycles. The van der Waals surface area contributed by atoms with Crippen LogP contribution in [0.3, 0.4) is 0 Å². The molecule has 0 saturated heterocycles. The summed E-state index contributed by atoms with van der Waals surface area (Å²) in [6.45, 7) is 6.98. The minimum absolute atomic E-state index is 0.184. The Bertz CT molecular complexity index is 349. The lowest BCUT2D eigenvalue weighted by atomic mass is 10.1. The van der Waals surface area contributed by atoms with Crippen LogP contribution in [0, 0.1) is 0 Å². The van der Waals surface area contributed by atoms with E-state index in [0.717, 1.165) is 4.90 Å². The van der Waals surface area contributed by atoms with E-state index in [1.165, 1.54) is 7.05 Å². The summed E-state index contributed by atoms with van der Waals surface area (Å²) in [5.41, 5.74) is -0.374. The highest BCUT2D eigenvalue weighted by atomic mass is 16.4. The van der Waals surface area contributed by atoms with Gasteiger partial charge in [0.15, 0.2) is 0 Å². The van der Waals surface area contributed by atoms with Crippen molar-refractivity contribution in [1.29, 1.82) is 0 Å². The van der Waals surface area contributed by atoms with Crippen molar-refractivity contribution in [3.8, 4) is 0 Å². The summed E-state index contributed by atoms with van der Waals surface area (Å²) in [6.07, 6.45) is 0.299. The topological polar surface area (TPSA) is 98.7 Å². The molecule has 19 heavy (non-hydrogen) atoms. The van der Waals surface area contributed by atoms with E-state index in [4.69, 9.17) is 5.11 Å². The predicted molar refractivity (Wildman–Crippen MR) is 70.8 cm³/mol. The molecule has 3 N–H and O–H groups in total. The van der Waals surface area contributed by atoms with Gasteiger partial charge in [0, 0.05) is 12.6 Å². The Kier molecular flexibility index (Phi) is 6.31. The van der Waals surface area contributed by atoms with Crippen LogP contribution in [0.25, 0.3) is 0 Å². The van der Waals surface area contributed by atoms with Gasteiger partial charge in [0.1, 0.15) is 6.04 Å². The van der Waals surface area contributed by atoms with Crippen LogP contribution in [0.4, 0.5) is 4.79 Å². The highest BCUT2D eigenvalue weighted by Crippen LogP contribution is 2.02. The number of nitrogens with zero attached hydrogens (tertiary/aromatic N) is 1. The number of carbonyl (C=O) groups excluding carboxylic acids is 2. The first kappa shape index (κ1) is 17.2. The maximum absolute atomic E-state index is 11.7. The number of aliphatic carboxylic acids is 1. The quantitative estimate of drug-likeness (QED) is 0.675. The van der Waals surface area contributed by atoms with Gasteiger partial charge in [-0.3, -0.25) is 4.79 Å². The van der Waals surface area contributed by atoms with Crippen LogP contribution in [-0.4, -0.2) is 53.1 Å². The van der Waals surface area contributed by atoms with E-state index in [1.807, 2.05) is 20.8 Å². The number of urea groups is 1. The van der Waals surface area contributed by atoms with Gasteiger partial charge in [-0.25, -0.2) is 9.59 Å². The lowest BCUT2D eigenvalue weighted by Crippen LogP contribution is -2.51. The molecule has 0 fully saturated rings. The van der Waals surface area contributed by atoms with E-state index in [0.29, 0.717) is 6.42 Å². The Morgan fingerprint density at radius 1 is 1.26 bits per heavy atom. The second-order valence-electron chi connectivity index (χ2n) is 5.33. The third kappa shape index (κ3) is 6.64. The molecular weight excluding hydrogens is 250 g/mol. The Morgan fingerprint density at radius 2 is 1.79 bits per heavy atom. The van der Waals surface area contributed by atoms with Crippen molar-refractivity contribution in [3.05, 3.63) is 0 Å². The van der Waals surface area contributed by atoms with Crippen molar-refractivity contribution < 1.29 is 19.5 Å². The van der Waals surface area contributed by atoms with Gasteiger partial charge in [-0.1, -0.05) is 6.92 Å². The number of rotatable bonds is 5. The first-order valence-electron chi connectivity index (χ1n) is 6.13.